The third-order valence-electron chi connectivity index (χ3n) is 3.16. The average Bonchev–Trinajstić information content (AvgIpc) is 2.95. The molecule has 0 saturated heterocycles. The van der Waals surface area contributed by atoms with Gasteiger partial charge in [0.1, 0.15) is 11.5 Å². The molecule has 4 nitrogen and oxygen atoms in total. The van der Waals surface area contributed by atoms with Crippen LogP contribution >= 0.6 is 11.3 Å². The Kier molecular flexibility index (Phi) is 3.50. The number of phenolic OH excluding ortho intramolecular Hbond substituents is 1. The second-order valence-corrected chi connectivity index (χ2v) is 5.46. The van der Waals surface area contributed by atoms with E-state index in [1.54, 1.807) is 17.4 Å². The van der Waals surface area contributed by atoms with Crippen LogP contribution in [0.15, 0.2) is 47.8 Å². The van der Waals surface area contributed by atoms with Gasteiger partial charge in [-0.25, -0.2) is 0 Å². The number of aromatic hydroxyl groups is 1. The first-order chi connectivity index (χ1) is 10.2. The number of hydrogen-bond acceptors (Lipinski definition) is 4. The van der Waals surface area contributed by atoms with Crippen LogP contribution in [-0.2, 0) is 0 Å². The smallest absolute Gasteiger partial charge is 0.259 e. The number of carbonyl (C=O) groups excluding carboxylic acids is 1. The Morgan fingerprint density at radius 1 is 1.19 bits per heavy atom. The van der Waals surface area contributed by atoms with Gasteiger partial charge in [-0.1, -0.05) is 0 Å². The van der Waals surface area contributed by atoms with Gasteiger partial charge in [-0.3, -0.25) is 4.79 Å². The summed E-state index contributed by atoms with van der Waals surface area (Å²) in [5.74, 6) is 0.0668. The van der Waals surface area contributed by atoms with E-state index in [1.807, 2.05) is 29.6 Å². The summed E-state index contributed by atoms with van der Waals surface area (Å²) < 4.78 is 6.23. The summed E-state index contributed by atoms with van der Waals surface area (Å²) >= 11 is 1.65. The van der Waals surface area contributed by atoms with Crippen molar-refractivity contribution in [1.29, 1.82) is 0 Å². The molecule has 0 fully saturated rings. The fourth-order valence-electron chi connectivity index (χ4n) is 2.07. The molecule has 0 spiro atoms. The van der Waals surface area contributed by atoms with Gasteiger partial charge in [0.05, 0.1) is 12.7 Å². The van der Waals surface area contributed by atoms with Crippen LogP contribution in [0.3, 0.4) is 0 Å². The molecule has 21 heavy (non-hydrogen) atoms. The standard InChI is InChI=1S/C16H13NO3S/c1-20-12-3-4-14(18)13(9-12)16(19)17-11-2-5-15-10(8-11)6-7-21-15/h2-9,18H,1H3,(H,17,19). The van der Waals surface area contributed by atoms with E-state index in [2.05, 4.69) is 5.32 Å². The van der Waals surface area contributed by atoms with Crippen LogP contribution in [0.2, 0.25) is 0 Å². The normalized spacial score (nSPS) is 10.5. The van der Waals surface area contributed by atoms with Crippen molar-refractivity contribution >= 4 is 33.0 Å². The number of benzene rings is 2. The van der Waals surface area contributed by atoms with Gasteiger partial charge in [-0.2, -0.15) is 0 Å². The minimum absolute atomic E-state index is 0.0788. The average molecular weight is 299 g/mol. The van der Waals surface area contributed by atoms with E-state index in [0.29, 0.717) is 11.4 Å². The predicted octanol–water partition coefficient (Wildman–Crippen LogP) is 3.87. The number of carbonyl (C=O) groups is 1. The monoisotopic (exact) mass is 299 g/mol. The van der Waals surface area contributed by atoms with Crippen LogP contribution in [0.1, 0.15) is 10.4 Å². The molecule has 0 aliphatic rings. The summed E-state index contributed by atoms with van der Waals surface area (Å²) in [5, 5.41) is 15.7. The lowest BCUT2D eigenvalue weighted by atomic mass is 10.1. The van der Waals surface area contributed by atoms with Crippen molar-refractivity contribution in [3.63, 3.8) is 0 Å². The Balaban J connectivity index is 1.88. The van der Waals surface area contributed by atoms with Crippen LogP contribution < -0.4 is 10.1 Å². The molecule has 2 aromatic carbocycles. The van der Waals surface area contributed by atoms with Crippen LogP contribution in [0.5, 0.6) is 11.5 Å². The van der Waals surface area contributed by atoms with E-state index in [9.17, 15) is 9.90 Å². The molecule has 3 aromatic rings. The summed E-state index contributed by atoms with van der Waals surface area (Å²) in [7, 11) is 1.51. The molecule has 3 rings (SSSR count). The third kappa shape index (κ3) is 2.68. The van der Waals surface area contributed by atoms with E-state index >= 15 is 0 Å². The highest BCUT2D eigenvalue weighted by molar-refractivity contribution is 7.17. The molecule has 0 atom stereocenters. The molecule has 106 valence electrons. The maximum Gasteiger partial charge on any atom is 0.259 e. The number of rotatable bonds is 3. The van der Waals surface area contributed by atoms with E-state index < -0.39 is 0 Å². The highest BCUT2D eigenvalue weighted by atomic mass is 32.1. The molecule has 0 radical (unpaired) electrons. The van der Waals surface area contributed by atoms with Crippen molar-refractivity contribution in [3.8, 4) is 11.5 Å². The zero-order chi connectivity index (χ0) is 14.8. The van der Waals surface area contributed by atoms with Crippen molar-refractivity contribution in [1.82, 2.24) is 0 Å². The quantitative estimate of drug-likeness (QED) is 0.772. The van der Waals surface area contributed by atoms with Gasteiger partial charge in [0.2, 0.25) is 0 Å². The number of thiophene rings is 1. The molecule has 0 saturated carbocycles. The van der Waals surface area contributed by atoms with E-state index in [-0.39, 0.29) is 17.2 Å². The minimum atomic E-state index is -0.374. The molecule has 1 aromatic heterocycles. The topological polar surface area (TPSA) is 58.6 Å². The third-order valence-corrected chi connectivity index (χ3v) is 4.06. The molecule has 5 heteroatoms. The minimum Gasteiger partial charge on any atom is -0.507 e. The highest BCUT2D eigenvalue weighted by Gasteiger charge is 2.13. The summed E-state index contributed by atoms with van der Waals surface area (Å²) in [6.07, 6.45) is 0. The summed E-state index contributed by atoms with van der Waals surface area (Å²) in [6, 6.07) is 12.3. The summed E-state index contributed by atoms with van der Waals surface area (Å²) in [4.78, 5) is 12.3. The molecule has 2 N–H and O–H groups in total. The number of anilines is 1. The largest absolute Gasteiger partial charge is 0.507 e. The van der Waals surface area contributed by atoms with Crippen molar-refractivity contribution in [2.75, 3.05) is 12.4 Å². The van der Waals surface area contributed by atoms with Crippen LogP contribution in [0, 0.1) is 0 Å². The van der Waals surface area contributed by atoms with Crippen LogP contribution in [0.25, 0.3) is 10.1 Å². The maximum atomic E-state index is 12.3. The molecule has 1 amide bonds. The van der Waals surface area contributed by atoms with Crippen molar-refractivity contribution in [2.24, 2.45) is 0 Å². The molecule has 0 bridgehead atoms. The number of fused-ring (bicyclic) bond motifs is 1. The second-order valence-electron chi connectivity index (χ2n) is 4.51. The molecule has 0 unspecified atom stereocenters. The number of methoxy groups -OCH3 is 1. The van der Waals surface area contributed by atoms with E-state index in [4.69, 9.17) is 4.74 Å². The Morgan fingerprint density at radius 3 is 2.86 bits per heavy atom. The molecular weight excluding hydrogens is 286 g/mol. The number of phenols is 1. The van der Waals surface area contributed by atoms with E-state index in [0.717, 1.165) is 10.1 Å². The molecule has 1 heterocycles. The van der Waals surface area contributed by atoms with Gasteiger partial charge in [0, 0.05) is 10.4 Å². The number of amides is 1. The van der Waals surface area contributed by atoms with Crippen molar-refractivity contribution in [3.05, 3.63) is 53.4 Å². The number of nitrogens with one attached hydrogen (secondary N) is 1. The van der Waals surface area contributed by atoms with Gasteiger partial charge < -0.3 is 15.2 Å². The Labute approximate surface area is 125 Å². The van der Waals surface area contributed by atoms with E-state index in [1.165, 1.54) is 19.2 Å². The lowest BCUT2D eigenvalue weighted by Gasteiger charge is -2.08. The van der Waals surface area contributed by atoms with Crippen molar-refractivity contribution in [2.45, 2.75) is 0 Å². The van der Waals surface area contributed by atoms with Gasteiger partial charge >= 0.3 is 0 Å². The van der Waals surface area contributed by atoms with Crippen LogP contribution in [-0.4, -0.2) is 18.1 Å². The number of ether oxygens (including phenoxy) is 1. The Bertz CT molecular complexity index is 810. The van der Waals surface area contributed by atoms with Gasteiger partial charge in [-0.05, 0) is 53.2 Å². The SMILES string of the molecule is COc1ccc(O)c(C(=O)Nc2ccc3sccc3c2)c1. The summed E-state index contributed by atoms with van der Waals surface area (Å²) in [5.41, 5.74) is 0.868. The first-order valence-electron chi connectivity index (χ1n) is 6.33. The fourth-order valence-corrected chi connectivity index (χ4v) is 2.84. The fraction of sp³-hybridized carbons (Fsp3) is 0.0625. The predicted molar refractivity (Wildman–Crippen MR) is 84.4 cm³/mol. The molecule has 0 aliphatic carbocycles. The van der Waals surface area contributed by atoms with Gasteiger partial charge in [-0.15, -0.1) is 11.3 Å². The maximum absolute atomic E-state index is 12.3. The lowest BCUT2D eigenvalue weighted by Crippen LogP contribution is -2.12. The Hall–Kier alpha value is -2.53. The van der Waals surface area contributed by atoms with Crippen LogP contribution in [0.4, 0.5) is 5.69 Å². The van der Waals surface area contributed by atoms with Gasteiger partial charge in [0.15, 0.2) is 0 Å². The Morgan fingerprint density at radius 2 is 2.05 bits per heavy atom. The van der Waals surface area contributed by atoms with Gasteiger partial charge in [0.25, 0.3) is 5.91 Å². The highest BCUT2D eigenvalue weighted by Crippen LogP contribution is 2.26. The zero-order valence-electron chi connectivity index (χ0n) is 11.3. The van der Waals surface area contributed by atoms with Crippen molar-refractivity contribution < 1.29 is 14.6 Å². The first-order valence-corrected chi connectivity index (χ1v) is 7.21. The molecule has 0 aliphatic heterocycles. The number of hydrogen-bond donors (Lipinski definition) is 2. The summed E-state index contributed by atoms with van der Waals surface area (Å²) in [6.45, 7) is 0. The molecular formula is C16H13NO3S. The second kappa shape index (κ2) is 5.46. The first kappa shape index (κ1) is 13.5. The lowest BCUT2D eigenvalue weighted by molar-refractivity contribution is 0.102. The zero-order valence-corrected chi connectivity index (χ0v) is 12.1.